The number of aliphatic carboxylic acids is 1. The van der Waals surface area contributed by atoms with E-state index in [0.717, 1.165) is 27.8 Å². The van der Waals surface area contributed by atoms with Crippen LogP contribution in [0.1, 0.15) is 11.4 Å². The van der Waals surface area contributed by atoms with Gasteiger partial charge in [-0.25, -0.2) is 9.78 Å². The first-order chi connectivity index (χ1) is 14.4. The van der Waals surface area contributed by atoms with Crippen LogP contribution < -0.4 is 11.1 Å². The number of thiazole rings is 1. The Balaban J connectivity index is 1.56. The van der Waals surface area contributed by atoms with Gasteiger partial charge in [-0.15, -0.1) is 28.2 Å². The van der Waals surface area contributed by atoms with Gasteiger partial charge >= 0.3 is 5.97 Å². The number of nitrogens with zero attached hydrogens (tertiary/aromatic N) is 5. The second-order valence-corrected chi connectivity index (χ2v) is 8.58. The summed E-state index contributed by atoms with van der Waals surface area (Å²) in [6.45, 7) is 0. The quantitative estimate of drug-likeness (QED) is 0.294. The van der Waals surface area contributed by atoms with Crippen molar-refractivity contribution in [2.24, 2.45) is 5.16 Å². The van der Waals surface area contributed by atoms with Crippen molar-refractivity contribution in [3.8, 4) is 0 Å². The summed E-state index contributed by atoms with van der Waals surface area (Å²) < 4.78 is 3.75. The van der Waals surface area contributed by atoms with Crippen molar-refractivity contribution in [2.75, 3.05) is 18.6 Å². The van der Waals surface area contributed by atoms with Crippen LogP contribution >= 0.6 is 34.6 Å². The maximum Gasteiger partial charge on any atom is 0.353 e. The van der Waals surface area contributed by atoms with Crippen LogP contribution in [-0.4, -0.2) is 72.4 Å². The Morgan fingerprint density at radius 3 is 2.83 bits per heavy atom. The molecule has 2 aliphatic rings. The minimum atomic E-state index is -1.25. The Kier molecular flexibility index (Phi) is 5.40. The van der Waals surface area contributed by atoms with Crippen molar-refractivity contribution in [1.82, 2.24) is 24.8 Å². The van der Waals surface area contributed by atoms with Gasteiger partial charge in [0.25, 0.3) is 11.8 Å². The Morgan fingerprint density at radius 1 is 1.43 bits per heavy atom. The molecule has 15 heteroatoms. The molecule has 0 saturated carbocycles. The summed E-state index contributed by atoms with van der Waals surface area (Å²) in [4.78, 5) is 47.2. The molecule has 1 saturated heterocycles. The number of hydrogen-bond acceptors (Lipinski definition) is 12. The molecule has 4 heterocycles. The largest absolute Gasteiger partial charge is 0.477 e. The van der Waals surface area contributed by atoms with Crippen molar-refractivity contribution < 1.29 is 24.3 Å². The molecule has 4 N–H and O–H groups in total. The summed E-state index contributed by atoms with van der Waals surface area (Å²) in [6, 6.07) is -0.926. The van der Waals surface area contributed by atoms with Crippen molar-refractivity contribution in [3.63, 3.8) is 0 Å². The van der Waals surface area contributed by atoms with Gasteiger partial charge in [-0.2, -0.15) is 0 Å². The van der Waals surface area contributed by atoms with Gasteiger partial charge in [-0.1, -0.05) is 9.64 Å². The van der Waals surface area contributed by atoms with Crippen molar-refractivity contribution in [2.45, 2.75) is 11.4 Å². The molecule has 30 heavy (non-hydrogen) atoms. The van der Waals surface area contributed by atoms with Crippen molar-refractivity contribution >= 4 is 68.8 Å². The summed E-state index contributed by atoms with van der Waals surface area (Å²) in [5.41, 5.74) is 6.35. The fourth-order valence-corrected chi connectivity index (χ4v) is 5.39. The average molecular weight is 468 g/mol. The van der Waals surface area contributed by atoms with Gasteiger partial charge in [0, 0.05) is 22.1 Å². The van der Waals surface area contributed by atoms with E-state index in [4.69, 9.17) is 10.6 Å². The van der Waals surface area contributed by atoms with E-state index >= 15 is 0 Å². The fourth-order valence-electron chi connectivity index (χ4n) is 3.01. The van der Waals surface area contributed by atoms with Crippen LogP contribution in [0.3, 0.4) is 0 Å². The molecule has 2 aliphatic heterocycles. The highest BCUT2D eigenvalue weighted by atomic mass is 32.2. The molecule has 156 valence electrons. The first-order valence-electron chi connectivity index (χ1n) is 8.24. The number of amides is 2. The summed E-state index contributed by atoms with van der Waals surface area (Å²) in [7, 11) is 1.27. The van der Waals surface area contributed by atoms with Crippen LogP contribution in [0, 0.1) is 0 Å². The van der Waals surface area contributed by atoms with Gasteiger partial charge in [-0.05, 0) is 11.5 Å². The molecule has 2 atom stereocenters. The zero-order chi connectivity index (χ0) is 21.4. The lowest BCUT2D eigenvalue weighted by Crippen LogP contribution is -2.71. The monoisotopic (exact) mass is 467 g/mol. The lowest BCUT2D eigenvalue weighted by atomic mass is 10.0. The Labute approximate surface area is 181 Å². The first kappa shape index (κ1) is 20.2. The summed E-state index contributed by atoms with van der Waals surface area (Å²) in [5, 5.41) is 22.7. The molecule has 12 nitrogen and oxygen atoms in total. The molecule has 0 aliphatic carbocycles. The molecule has 2 amide bonds. The number of oxime groups is 1. The second-order valence-electron chi connectivity index (χ2n) is 5.98. The lowest BCUT2D eigenvalue weighted by molar-refractivity contribution is -0.149. The smallest absolute Gasteiger partial charge is 0.353 e. The van der Waals surface area contributed by atoms with Crippen molar-refractivity contribution in [3.05, 3.63) is 27.8 Å². The number of nitrogens with one attached hydrogen (secondary N) is 1. The number of rotatable bonds is 6. The average Bonchev–Trinajstić information content (AvgIpc) is 3.40. The number of carbonyl (C=O) groups is 3. The summed E-state index contributed by atoms with van der Waals surface area (Å²) in [5.74, 6) is -2.18. The predicted octanol–water partition coefficient (Wildman–Crippen LogP) is -0.177. The fraction of sp³-hybridized carbons (Fsp3) is 0.267. The van der Waals surface area contributed by atoms with Crippen LogP contribution in [0.4, 0.5) is 5.13 Å². The second kappa shape index (κ2) is 8.00. The Bertz CT molecular complexity index is 1080. The van der Waals surface area contributed by atoms with Gasteiger partial charge < -0.3 is 21.0 Å². The molecule has 0 spiro atoms. The molecular formula is C15H13N7O5S3. The van der Waals surface area contributed by atoms with E-state index in [1.165, 1.54) is 24.3 Å². The standard InChI is InChI=1S/C15H13N7O5S3/c1-27-20-8(7-3-29-15(16)17-7)11(23)18-9-12(24)22-10(14(25)26)5(2-28-13(9)22)6-4-30-21-19-6/h3-4,9,13H,2H2,1H3,(H2,16,17)(H,18,23)(H,25,26)/b20-8-/t9-,13-/m1/s1. The molecule has 0 bridgehead atoms. The molecule has 2 aromatic rings. The van der Waals surface area contributed by atoms with E-state index in [1.807, 2.05) is 0 Å². The van der Waals surface area contributed by atoms with Gasteiger partial charge in [0.2, 0.25) is 0 Å². The van der Waals surface area contributed by atoms with Crippen LogP contribution in [0.2, 0.25) is 0 Å². The SMILES string of the molecule is CO/N=C(\C(=O)N[C@@H]1C(=O)N2C(C(=O)O)=C(c3csnn3)CS[C@H]12)c1csc(N)n1. The zero-order valence-electron chi connectivity index (χ0n) is 15.1. The van der Waals surface area contributed by atoms with Gasteiger partial charge in [0.05, 0.1) is 0 Å². The molecular weight excluding hydrogens is 454 g/mol. The van der Waals surface area contributed by atoms with Gasteiger partial charge in [-0.3, -0.25) is 14.5 Å². The number of thioether (sulfide) groups is 1. The summed E-state index contributed by atoms with van der Waals surface area (Å²) >= 11 is 3.53. The maximum absolute atomic E-state index is 12.7. The lowest BCUT2D eigenvalue weighted by Gasteiger charge is -2.49. The molecule has 2 aromatic heterocycles. The number of carboxylic acid groups (broad SMARTS) is 1. The minimum absolute atomic E-state index is 0.138. The number of anilines is 1. The van der Waals surface area contributed by atoms with E-state index in [1.54, 1.807) is 5.38 Å². The molecule has 0 aromatic carbocycles. The Morgan fingerprint density at radius 2 is 2.23 bits per heavy atom. The maximum atomic E-state index is 12.7. The number of aromatic nitrogens is 3. The number of fused-ring (bicyclic) bond motifs is 1. The highest BCUT2D eigenvalue weighted by Crippen LogP contribution is 2.43. The van der Waals surface area contributed by atoms with Gasteiger partial charge in [0.1, 0.15) is 35.6 Å². The van der Waals surface area contributed by atoms with E-state index in [9.17, 15) is 19.5 Å². The van der Waals surface area contributed by atoms with E-state index < -0.39 is 29.2 Å². The molecule has 0 unspecified atom stereocenters. The normalized spacial score (nSPS) is 21.2. The zero-order valence-corrected chi connectivity index (χ0v) is 17.6. The number of hydrogen-bond donors (Lipinski definition) is 3. The third-order valence-electron chi connectivity index (χ3n) is 4.29. The van der Waals surface area contributed by atoms with Crippen LogP contribution in [0.5, 0.6) is 0 Å². The molecule has 1 fully saturated rings. The highest BCUT2D eigenvalue weighted by molar-refractivity contribution is 8.00. The van der Waals surface area contributed by atoms with Crippen LogP contribution in [-0.2, 0) is 19.2 Å². The van der Waals surface area contributed by atoms with Crippen LogP contribution in [0.15, 0.2) is 21.6 Å². The molecule has 0 radical (unpaired) electrons. The number of carbonyl (C=O) groups excluding carboxylic acids is 2. The minimum Gasteiger partial charge on any atom is -0.477 e. The number of nitrogen functional groups attached to an aromatic ring is 1. The van der Waals surface area contributed by atoms with Crippen LogP contribution in [0.25, 0.3) is 5.57 Å². The Hall–Kier alpha value is -3.04. The van der Waals surface area contributed by atoms with E-state index in [2.05, 4.69) is 25.0 Å². The van der Waals surface area contributed by atoms with Crippen molar-refractivity contribution in [1.29, 1.82) is 0 Å². The third kappa shape index (κ3) is 3.40. The third-order valence-corrected chi connectivity index (χ3v) is 6.75. The summed E-state index contributed by atoms with van der Waals surface area (Å²) in [6.07, 6.45) is 0. The van der Waals surface area contributed by atoms with Gasteiger partial charge in [0.15, 0.2) is 10.8 Å². The topological polar surface area (TPSA) is 173 Å². The predicted molar refractivity (Wildman–Crippen MR) is 110 cm³/mol. The van der Waals surface area contributed by atoms with E-state index in [0.29, 0.717) is 17.0 Å². The molecule has 4 rings (SSSR count). The number of β-lactam (4-membered cyclic amide) rings is 1. The highest BCUT2D eigenvalue weighted by Gasteiger charge is 2.54. The first-order valence-corrected chi connectivity index (χ1v) is 11.0. The number of carboxylic acids is 1. The van der Waals surface area contributed by atoms with E-state index in [-0.39, 0.29) is 22.2 Å². The number of nitrogens with two attached hydrogens (primary N) is 1.